The van der Waals surface area contributed by atoms with Crippen LogP contribution in [0.1, 0.15) is 75.0 Å². The summed E-state index contributed by atoms with van der Waals surface area (Å²) < 4.78 is 0. The molecule has 0 radical (unpaired) electrons. The molecule has 0 N–H and O–H groups in total. The number of carbonyl (C=O) groups is 1. The molecule has 1 nitrogen and oxygen atoms in total. The van der Waals surface area contributed by atoms with Crippen molar-refractivity contribution in [3.63, 3.8) is 0 Å². The predicted octanol–water partition coefficient (Wildman–Crippen LogP) is 5.94. The third kappa shape index (κ3) is 3.55. The van der Waals surface area contributed by atoms with Crippen molar-refractivity contribution in [3.05, 3.63) is 64.8 Å². The molecule has 0 unspecified atom stereocenters. The Morgan fingerprint density at radius 1 is 1.13 bits per heavy atom. The van der Waals surface area contributed by atoms with E-state index in [2.05, 4.69) is 24.8 Å². The van der Waals surface area contributed by atoms with Gasteiger partial charge in [-0.1, -0.05) is 36.4 Å². The Kier molecular flexibility index (Phi) is 4.39. The zero-order valence-corrected chi connectivity index (χ0v) is 14.5. The van der Waals surface area contributed by atoms with Gasteiger partial charge in [-0.3, -0.25) is 4.79 Å². The topological polar surface area (TPSA) is 17.1 Å². The molecule has 1 heteroatoms. The first-order valence-electron chi connectivity index (χ1n) is 8.70. The number of hydrogen-bond donors (Lipinski definition) is 0. The van der Waals surface area contributed by atoms with Crippen molar-refractivity contribution in [1.82, 2.24) is 0 Å². The van der Waals surface area contributed by atoms with Crippen LogP contribution >= 0.6 is 0 Å². The van der Waals surface area contributed by atoms with Gasteiger partial charge in [-0.15, -0.1) is 0 Å². The Hall–Kier alpha value is -1.89. The molecule has 0 aliphatic heterocycles. The van der Waals surface area contributed by atoms with Crippen LogP contribution in [0.5, 0.6) is 0 Å². The number of carbonyl (C=O) groups excluding carboxylic acids is 1. The fraction of sp³-hybridized carbons (Fsp3) is 0.409. The van der Waals surface area contributed by atoms with Gasteiger partial charge in [-0.25, -0.2) is 0 Å². The summed E-state index contributed by atoms with van der Waals surface area (Å²) in [7, 11) is 0. The summed E-state index contributed by atoms with van der Waals surface area (Å²) in [5.74, 6) is 1.53. The van der Waals surface area contributed by atoms with Crippen molar-refractivity contribution in [3.8, 4) is 0 Å². The molecule has 0 heterocycles. The maximum absolute atomic E-state index is 12.3. The maximum Gasteiger partial charge on any atom is 0.160 e. The van der Waals surface area contributed by atoms with Crippen molar-refractivity contribution in [2.45, 2.75) is 58.3 Å². The molecule has 3 rings (SSSR count). The van der Waals surface area contributed by atoms with Gasteiger partial charge in [0.1, 0.15) is 0 Å². The van der Waals surface area contributed by atoms with Crippen molar-refractivity contribution < 1.29 is 4.79 Å². The van der Waals surface area contributed by atoms with E-state index in [4.69, 9.17) is 0 Å². The van der Waals surface area contributed by atoms with Gasteiger partial charge in [-0.2, -0.15) is 0 Å². The SMILES string of the molecule is C=C(C)C(=C\C)/C=C(\C(C)=O)c1ccc(C2CC2)cc1C1CC1. The molecule has 0 atom stereocenters. The Labute approximate surface area is 139 Å². The van der Waals surface area contributed by atoms with E-state index in [9.17, 15) is 4.79 Å². The number of benzene rings is 1. The van der Waals surface area contributed by atoms with Crippen LogP contribution in [0.3, 0.4) is 0 Å². The predicted molar refractivity (Wildman–Crippen MR) is 97.6 cm³/mol. The second kappa shape index (κ2) is 6.31. The van der Waals surface area contributed by atoms with E-state index in [1.54, 1.807) is 6.92 Å². The highest BCUT2D eigenvalue weighted by Crippen LogP contribution is 2.47. The molecule has 2 saturated carbocycles. The van der Waals surface area contributed by atoms with Gasteiger partial charge in [0.25, 0.3) is 0 Å². The Bertz CT molecular complexity index is 709. The van der Waals surface area contributed by atoms with Gasteiger partial charge in [0.05, 0.1) is 0 Å². The number of hydrogen-bond acceptors (Lipinski definition) is 1. The number of Topliss-reactive ketones (excluding diaryl/α,β-unsaturated/α-hetero) is 1. The monoisotopic (exact) mass is 306 g/mol. The highest BCUT2D eigenvalue weighted by molar-refractivity contribution is 6.20. The summed E-state index contributed by atoms with van der Waals surface area (Å²) >= 11 is 0. The van der Waals surface area contributed by atoms with Gasteiger partial charge in [0.15, 0.2) is 5.78 Å². The fourth-order valence-electron chi connectivity index (χ4n) is 3.21. The maximum atomic E-state index is 12.3. The third-order valence-corrected chi connectivity index (χ3v) is 4.91. The molecular formula is C22H26O. The summed E-state index contributed by atoms with van der Waals surface area (Å²) in [6, 6.07) is 6.78. The van der Waals surface area contributed by atoms with Crippen LogP contribution in [0.15, 0.2) is 48.1 Å². The lowest BCUT2D eigenvalue weighted by molar-refractivity contribution is -0.111. The first-order valence-corrected chi connectivity index (χ1v) is 8.70. The molecule has 0 amide bonds. The average Bonchev–Trinajstić information content (AvgIpc) is 3.40. The van der Waals surface area contributed by atoms with Crippen molar-refractivity contribution in [1.29, 1.82) is 0 Å². The first kappa shape index (κ1) is 16.0. The van der Waals surface area contributed by atoms with E-state index < -0.39 is 0 Å². The zero-order chi connectivity index (χ0) is 16.6. The molecule has 0 saturated heterocycles. The van der Waals surface area contributed by atoms with Crippen molar-refractivity contribution >= 4 is 11.4 Å². The largest absolute Gasteiger partial charge is 0.294 e. The lowest BCUT2D eigenvalue weighted by Crippen LogP contribution is -2.02. The van der Waals surface area contributed by atoms with Crippen LogP contribution in [0.25, 0.3) is 5.57 Å². The summed E-state index contributed by atoms with van der Waals surface area (Å²) in [5, 5.41) is 0. The van der Waals surface area contributed by atoms with Crippen molar-refractivity contribution in [2.24, 2.45) is 0 Å². The van der Waals surface area contributed by atoms with Crippen LogP contribution in [0.2, 0.25) is 0 Å². The minimum absolute atomic E-state index is 0.131. The number of allylic oxidation sites excluding steroid dienone is 5. The molecule has 120 valence electrons. The highest BCUT2D eigenvalue weighted by Gasteiger charge is 2.30. The van der Waals surface area contributed by atoms with Gasteiger partial charge in [0.2, 0.25) is 0 Å². The van der Waals surface area contributed by atoms with E-state index in [1.807, 2.05) is 26.0 Å². The third-order valence-electron chi connectivity index (χ3n) is 4.91. The van der Waals surface area contributed by atoms with E-state index in [-0.39, 0.29) is 5.78 Å². The molecule has 2 aliphatic carbocycles. The molecule has 0 aromatic heterocycles. The smallest absolute Gasteiger partial charge is 0.160 e. The van der Waals surface area contributed by atoms with Crippen LogP contribution in [0.4, 0.5) is 0 Å². The molecule has 1 aromatic carbocycles. The summed E-state index contributed by atoms with van der Waals surface area (Å²) in [6.45, 7) is 9.68. The Morgan fingerprint density at radius 3 is 2.26 bits per heavy atom. The average molecular weight is 306 g/mol. The Balaban J connectivity index is 2.07. The lowest BCUT2D eigenvalue weighted by atomic mass is 9.90. The molecule has 0 bridgehead atoms. The minimum Gasteiger partial charge on any atom is -0.294 e. The molecule has 2 fully saturated rings. The zero-order valence-electron chi connectivity index (χ0n) is 14.5. The minimum atomic E-state index is 0.131. The number of ketones is 1. The lowest BCUT2D eigenvalue weighted by Gasteiger charge is -2.14. The van der Waals surface area contributed by atoms with Crippen LogP contribution in [-0.2, 0) is 4.79 Å². The first-order chi connectivity index (χ1) is 11.0. The van der Waals surface area contributed by atoms with E-state index in [1.165, 1.54) is 36.8 Å². The van der Waals surface area contributed by atoms with Crippen LogP contribution in [-0.4, -0.2) is 5.78 Å². The van der Waals surface area contributed by atoms with E-state index >= 15 is 0 Å². The molecular weight excluding hydrogens is 280 g/mol. The number of rotatable bonds is 6. The Morgan fingerprint density at radius 2 is 1.78 bits per heavy atom. The van der Waals surface area contributed by atoms with Crippen LogP contribution < -0.4 is 0 Å². The van der Waals surface area contributed by atoms with Gasteiger partial charge in [-0.05, 0) is 86.6 Å². The summed E-state index contributed by atoms with van der Waals surface area (Å²) in [5.41, 5.74) is 6.84. The van der Waals surface area contributed by atoms with Crippen LogP contribution in [0, 0.1) is 0 Å². The fourth-order valence-corrected chi connectivity index (χ4v) is 3.21. The molecule has 23 heavy (non-hydrogen) atoms. The normalized spacial score (nSPS) is 18.9. The summed E-state index contributed by atoms with van der Waals surface area (Å²) in [6.07, 6.45) is 9.18. The van der Waals surface area contributed by atoms with Gasteiger partial charge < -0.3 is 0 Å². The second-order valence-corrected chi connectivity index (χ2v) is 7.03. The molecule has 1 aromatic rings. The highest BCUT2D eigenvalue weighted by atomic mass is 16.1. The standard InChI is InChI=1S/C22H26O/c1-5-16(14(2)3)12-21(15(4)23)20-11-10-19(17-6-7-17)13-22(20)18-8-9-18/h5,10-13,17-18H,2,6-9H2,1,3-4H3/b16-5-,21-12+. The van der Waals surface area contributed by atoms with Crippen molar-refractivity contribution in [2.75, 3.05) is 0 Å². The second-order valence-electron chi connectivity index (χ2n) is 7.03. The quantitative estimate of drug-likeness (QED) is 0.470. The van der Waals surface area contributed by atoms with Gasteiger partial charge in [0, 0.05) is 5.57 Å². The molecule has 2 aliphatic rings. The van der Waals surface area contributed by atoms with E-state index in [0.29, 0.717) is 5.92 Å². The van der Waals surface area contributed by atoms with E-state index in [0.717, 1.165) is 28.2 Å². The van der Waals surface area contributed by atoms with Gasteiger partial charge >= 0.3 is 0 Å². The summed E-state index contributed by atoms with van der Waals surface area (Å²) in [4.78, 5) is 12.3. The molecule has 0 spiro atoms.